The average molecular weight is 368 g/mol. The molecule has 26 heavy (non-hydrogen) atoms. The normalized spacial score (nSPS) is 11.5. The fourth-order valence-corrected chi connectivity index (χ4v) is 2.95. The van der Waals surface area contributed by atoms with Crippen molar-refractivity contribution in [2.24, 2.45) is 0 Å². The quantitative estimate of drug-likeness (QED) is 0.559. The van der Waals surface area contributed by atoms with Gasteiger partial charge in [-0.15, -0.1) is 10.2 Å². The monoisotopic (exact) mass is 367 g/mol. The highest BCUT2D eigenvalue weighted by Gasteiger charge is 2.11. The number of benzene rings is 2. The van der Waals surface area contributed by atoms with Gasteiger partial charge in [-0.05, 0) is 37.4 Å². The highest BCUT2D eigenvalue weighted by atomic mass is 35.5. The van der Waals surface area contributed by atoms with Gasteiger partial charge in [0.05, 0.1) is 17.6 Å². The van der Waals surface area contributed by atoms with Crippen molar-refractivity contribution in [3.05, 3.63) is 65.3 Å². The minimum absolute atomic E-state index is 0.545. The fraction of sp³-hybridized carbons (Fsp3) is 0.211. The molecular weight excluding hydrogens is 350 g/mol. The number of aromatic amines is 1. The number of H-pyrrole nitrogens is 1. The molecule has 0 bridgehead atoms. The molecule has 0 saturated carbocycles. The van der Waals surface area contributed by atoms with E-state index in [0.717, 1.165) is 35.4 Å². The molecule has 1 N–H and O–H groups in total. The zero-order chi connectivity index (χ0) is 17.9. The summed E-state index contributed by atoms with van der Waals surface area (Å²) in [5.74, 6) is 2.08. The Morgan fingerprint density at radius 1 is 1.12 bits per heavy atom. The lowest BCUT2D eigenvalue weighted by Crippen LogP contribution is -2.21. The zero-order valence-electron chi connectivity index (χ0n) is 14.3. The van der Waals surface area contributed by atoms with Crippen LogP contribution in [0.15, 0.2) is 52.9 Å². The van der Waals surface area contributed by atoms with E-state index in [9.17, 15) is 0 Å². The first-order valence-corrected chi connectivity index (χ1v) is 8.76. The van der Waals surface area contributed by atoms with Gasteiger partial charge < -0.3 is 9.40 Å². The van der Waals surface area contributed by atoms with E-state index in [2.05, 4.69) is 25.1 Å². The predicted octanol–water partition coefficient (Wildman–Crippen LogP) is 3.94. The first kappa shape index (κ1) is 16.8. The average Bonchev–Trinajstić information content (AvgIpc) is 3.27. The Kier molecular flexibility index (Phi) is 4.69. The molecule has 4 aromatic rings. The molecule has 0 aliphatic rings. The minimum atomic E-state index is 0.545. The second-order valence-corrected chi connectivity index (χ2v) is 6.64. The maximum Gasteiger partial charge on any atom is 0.247 e. The number of nitrogens with one attached hydrogen (secondary N) is 1. The third-order valence-corrected chi connectivity index (χ3v) is 4.35. The highest BCUT2D eigenvalue weighted by Crippen LogP contribution is 2.19. The maximum absolute atomic E-state index is 6.01. The number of halogens is 1. The Labute approximate surface area is 155 Å². The summed E-state index contributed by atoms with van der Waals surface area (Å²) < 4.78 is 5.75. The molecule has 0 aliphatic carbocycles. The summed E-state index contributed by atoms with van der Waals surface area (Å²) in [5, 5.41) is 8.96. The molecule has 0 fully saturated rings. The number of imidazole rings is 1. The first-order chi connectivity index (χ1) is 12.7. The SMILES string of the molecule is CN(CCc1nc2ccc(Cl)cc2[nH]1)Cc1nnc(-c2ccccc2)o1. The van der Waals surface area contributed by atoms with Crippen molar-refractivity contribution in [2.45, 2.75) is 13.0 Å². The van der Waals surface area contributed by atoms with Crippen LogP contribution in [0.25, 0.3) is 22.5 Å². The van der Waals surface area contributed by atoms with Gasteiger partial charge >= 0.3 is 0 Å². The standard InChI is InChI=1S/C19H18ClN5O/c1-25(10-9-17-21-15-8-7-14(20)11-16(15)22-17)12-18-23-24-19(26-18)13-5-3-2-4-6-13/h2-8,11H,9-10,12H2,1H3,(H,21,22). The molecule has 0 amide bonds. The number of hydrogen-bond donors (Lipinski definition) is 1. The fourth-order valence-electron chi connectivity index (χ4n) is 2.77. The topological polar surface area (TPSA) is 70.8 Å². The molecule has 0 spiro atoms. The van der Waals surface area contributed by atoms with E-state index in [4.69, 9.17) is 16.0 Å². The molecule has 2 aromatic heterocycles. The number of aromatic nitrogens is 4. The molecule has 7 heteroatoms. The van der Waals surface area contributed by atoms with E-state index in [0.29, 0.717) is 23.3 Å². The van der Waals surface area contributed by atoms with Crippen molar-refractivity contribution >= 4 is 22.6 Å². The van der Waals surface area contributed by atoms with Crippen LogP contribution in [0, 0.1) is 0 Å². The minimum Gasteiger partial charge on any atom is -0.419 e. The second kappa shape index (κ2) is 7.27. The first-order valence-electron chi connectivity index (χ1n) is 8.38. The molecule has 2 aromatic carbocycles. The lowest BCUT2D eigenvalue weighted by molar-refractivity contribution is 0.291. The van der Waals surface area contributed by atoms with Crippen LogP contribution in [0.5, 0.6) is 0 Å². The molecule has 0 radical (unpaired) electrons. The number of fused-ring (bicyclic) bond motifs is 1. The molecule has 4 rings (SSSR count). The molecule has 6 nitrogen and oxygen atoms in total. The van der Waals surface area contributed by atoms with Gasteiger partial charge in [-0.2, -0.15) is 0 Å². The van der Waals surface area contributed by atoms with Crippen LogP contribution >= 0.6 is 11.6 Å². The number of hydrogen-bond acceptors (Lipinski definition) is 5. The molecule has 0 aliphatic heterocycles. The van der Waals surface area contributed by atoms with Crippen LogP contribution in [0.2, 0.25) is 5.02 Å². The summed E-state index contributed by atoms with van der Waals surface area (Å²) in [6.07, 6.45) is 0.794. The van der Waals surface area contributed by atoms with Crippen molar-refractivity contribution in [2.75, 3.05) is 13.6 Å². The summed E-state index contributed by atoms with van der Waals surface area (Å²) in [4.78, 5) is 10.0. The van der Waals surface area contributed by atoms with E-state index >= 15 is 0 Å². The van der Waals surface area contributed by atoms with Crippen molar-refractivity contribution in [1.29, 1.82) is 0 Å². The van der Waals surface area contributed by atoms with E-state index < -0.39 is 0 Å². The van der Waals surface area contributed by atoms with E-state index in [1.165, 1.54) is 0 Å². The number of likely N-dealkylation sites (N-methyl/N-ethyl adjacent to an activating group) is 1. The van der Waals surface area contributed by atoms with Gasteiger partial charge in [0.1, 0.15) is 5.82 Å². The van der Waals surface area contributed by atoms with Crippen LogP contribution in [0.3, 0.4) is 0 Å². The summed E-state index contributed by atoms with van der Waals surface area (Å²) >= 11 is 6.01. The lowest BCUT2D eigenvalue weighted by atomic mass is 10.2. The third kappa shape index (κ3) is 3.76. The molecule has 132 valence electrons. The Hall–Kier alpha value is -2.70. The smallest absolute Gasteiger partial charge is 0.247 e. The Balaban J connectivity index is 1.36. The summed E-state index contributed by atoms with van der Waals surface area (Å²) in [6.45, 7) is 1.41. The van der Waals surface area contributed by atoms with Crippen molar-refractivity contribution in [1.82, 2.24) is 25.1 Å². The summed E-state index contributed by atoms with van der Waals surface area (Å²) in [7, 11) is 2.02. The van der Waals surface area contributed by atoms with Gasteiger partial charge in [0.25, 0.3) is 0 Å². The summed E-state index contributed by atoms with van der Waals surface area (Å²) in [6, 6.07) is 15.4. The largest absolute Gasteiger partial charge is 0.419 e. The van der Waals surface area contributed by atoms with E-state index in [1.54, 1.807) is 0 Å². The van der Waals surface area contributed by atoms with Gasteiger partial charge in [-0.3, -0.25) is 4.90 Å². The van der Waals surface area contributed by atoms with E-state index in [-0.39, 0.29) is 0 Å². The van der Waals surface area contributed by atoms with Gasteiger partial charge in [0.2, 0.25) is 11.8 Å². The predicted molar refractivity (Wildman–Crippen MR) is 101 cm³/mol. The third-order valence-electron chi connectivity index (χ3n) is 4.12. The van der Waals surface area contributed by atoms with E-state index in [1.807, 2.05) is 55.6 Å². The highest BCUT2D eigenvalue weighted by molar-refractivity contribution is 6.31. The summed E-state index contributed by atoms with van der Waals surface area (Å²) in [5.41, 5.74) is 2.81. The maximum atomic E-state index is 6.01. The number of nitrogens with zero attached hydrogens (tertiary/aromatic N) is 4. The Morgan fingerprint density at radius 3 is 2.81 bits per heavy atom. The lowest BCUT2D eigenvalue weighted by Gasteiger charge is -2.12. The van der Waals surface area contributed by atoms with Gasteiger partial charge in [-0.1, -0.05) is 29.8 Å². The van der Waals surface area contributed by atoms with Gasteiger partial charge in [0, 0.05) is 23.6 Å². The molecule has 0 atom stereocenters. The second-order valence-electron chi connectivity index (χ2n) is 6.20. The van der Waals surface area contributed by atoms with Crippen molar-refractivity contribution in [3.8, 4) is 11.5 Å². The van der Waals surface area contributed by atoms with Crippen LogP contribution in [-0.2, 0) is 13.0 Å². The van der Waals surface area contributed by atoms with Crippen LogP contribution < -0.4 is 0 Å². The Bertz CT molecular complexity index is 1010. The molecule has 0 saturated heterocycles. The van der Waals surface area contributed by atoms with Gasteiger partial charge in [0.15, 0.2) is 0 Å². The van der Waals surface area contributed by atoms with Crippen LogP contribution in [0.1, 0.15) is 11.7 Å². The molecule has 0 unspecified atom stereocenters. The van der Waals surface area contributed by atoms with Gasteiger partial charge in [-0.25, -0.2) is 4.98 Å². The van der Waals surface area contributed by atoms with Crippen molar-refractivity contribution in [3.63, 3.8) is 0 Å². The zero-order valence-corrected chi connectivity index (χ0v) is 15.1. The molecule has 2 heterocycles. The van der Waals surface area contributed by atoms with Crippen LogP contribution in [0.4, 0.5) is 0 Å². The van der Waals surface area contributed by atoms with Crippen molar-refractivity contribution < 1.29 is 4.42 Å². The number of rotatable bonds is 6. The molecular formula is C19H18ClN5O. The van der Waals surface area contributed by atoms with Crippen LogP contribution in [-0.4, -0.2) is 38.7 Å². The Morgan fingerprint density at radius 2 is 1.96 bits per heavy atom.